The molecule has 4 aliphatic rings. The molecule has 0 unspecified atom stereocenters. The number of carbonyl (C=O) groups is 2. The van der Waals surface area contributed by atoms with Crippen molar-refractivity contribution in [3.05, 3.63) is 22.9 Å². The third-order valence-corrected chi connectivity index (χ3v) is 9.36. The van der Waals surface area contributed by atoms with E-state index >= 15 is 0 Å². The van der Waals surface area contributed by atoms with Crippen molar-refractivity contribution in [3.63, 3.8) is 0 Å². The van der Waals surface area contributed by atoms with E-state index in [1.54, 1.807) is 18.2 Å². The Morgan fingerprint density at radius 2 is 1.90 bits per heavy atom. The van der Waals surface area contributed by atoms with Gasteiger partial charge in [0.05, 0.1) is 6.33 Å². The van der Waals surface area contributed by atoms with Crippen molar-refractivity contribution in [1.29, 1.82) is 0 Å². The summed E-state index contributed by atoms with van der Waals surface area (Å²) in [6.45, 7) is 9.98. The average molecular weight is 663 g/mol. The molecule has 1 aromatic rings. The number of piperidine rings is 1. The number of nitrogens with zero attached hydrogens (tertiary/aromatic N) is 6. The molecular weight excluding hydrogens is 626 g/mol. The van der Waals surface area contributed by atoms with Crippen LogP contribution in [-0.2, 0) is 11.3 Å². The van der Waals surface area contributed by atoms with Gasteiger partial charge in [-0.15, -0.1) is 0 Å². The minimum atomic E-state index is -1.07. The second-order valence-corrected chi connectivity index (χ2v) is 13.8. The number of imidazole rings is 1. The molecule has 1 atom stereocenters. The van der Waals surface area contributed by atoms with Crippen LogP contribution < -0.4 is 15.2 Å². The summed E-state index contributed by atoms with van der Waals surface area (Å²) in [6.07, 6.45) is 3.22. The van der Waals surface area contributed by atoms with Gasteiger partial charge in [-0.2, -0.15) is 0 Å². The van der Waals surface area contributed by atoms with Crippen LogP contribution >= 0.6 is 27.7 Å². The first kappa shape index (κ1) is 30.2. The van der Waals surface area contributed by atoms with Gasteiger partial charge in [-0.3, -0.25) is 9.69 Å². The number of nitrogen functional groups attached to an aromatic ring is 1. The van der Waals surface area contributed by atoms with Crippen molar-refractivity contribution in [1.82, 2.24) is 29.3 Å². The second kappa shape index (κ2) is 12.2. The summed E-state index contributed by atoms with van der Waals surface area (Å²) in [7, 11) is 0. The highest BCUT2D eigenvalue weighted by molar-refractivity contribution is 9.10. The molecular formula is C28H36BrN7O5S. The number of fused-ring (bicyclic) bond motifs is 2. The normalized spacial score (nSPS) is 16.2. The zero-order valence-electron chi connectivity index (χ0n) is 24.2. The van der Waals surface area contributed by atoms with Crippen LogP contribution in [0.3, 0.4) is 0 Å². The van der Waals surface area contributed by atoms with E-state index in [-0.39, 0.29) is 18.1 Å². The van der Waals surface area contributed by atoms with Crippen molar-refractivity contribution in [2.24, 2.45) is 11.3 Å². The van der Waals surface area contributed by atoms with Gasteiger partial charge >= 0.3 is 6.09 Å². The topological polar surface area (TPSA) is 149 Å². The molecule has 42 heavy (non-hydrogen) atoms. The molecule has 3 N–H and O–H groups in total. The summed E-state index contributed by atoms with van der Waals surface area (Å²) < 4.78 is 13.8. The molecule has 4 heterocycles. The van der Waals surface area contributed by atoms with Gasteiger partial charge in [0, 0.05) is 35.5 Å². The van der Waals surface area contributed by atoms with E-state index in [2.05, 4.69) is 25.9 Å². The summed E-state index contributed by atoms with van der Waals surface area (Å²) in [5.74, 6) is 2.66. The Hall–Kier alpha value is -3.26. The number of aryl methyl sites for hydroxylation is 1. The van der Waals surface area contributed by atoms with E-state index in [0.29, 0.717) is 66.1 Å². The number of amides is 2. The molecule has 0 aromatic heterocycles. The maximum absolute atomic E-state index is 13.2. The predicted molar refractivity (Wildman–Crippen MR) is 161 cm³/mol. The molecule has 4 aliphatic heterocycles. The van der Waals surface area contributed by atoms with Gasteiger partial charge in [-0.1, -0.05) is 20.8 Å². The zero-order valence-corrected chi connectivity index (χ0v) is 26.6. The summed E-state index contributed by atoms with van der Waals surface area (Å²) in [6, 6.07) is 3.05. The van der Waals surface area contributed by atoms with Crippen LogP contribution in [0.25, 0.3) is 11.5 Å². The fourth-order valence-corrected chi connectivity index (χ4v) is 6.61. The smallest absolute Gasteiger partial charge is 0.407 e. The number of carbonyl (C=O) groups excluding carboxylic acids is 1. The predicted octanol–water partition coefficient (Wildman–Crippen LogP) is 5.05. The number of likely N-dealkylation sites (tertiary alicyclic amines) is 1. The van der Waals surface area contributed by atoms with Gasteiger partial charge in [0.1, 0.15) is 6.04 Å². The summed E-state index contributed by atoms with van der Waals surface area (Å²) in [5.41, 5.74) is 6.47. The minimum absolute atomic E-state index is 0.134. The maximum Gasteiger partial charge on any atom is 0.407 e. The molecule has 2 amide bonds. The van der Waals surface area contributed by atoms with Crippen LogP contribution in [0.15, 0.2) is 33.0 Å². The van der Waals surface area contributed by atoms with Crippen LogP contribution in [0.1, 0.15) is 47.0 Å². The van der Waals surface area contributed by atoms with Crippen LogP contribution in [-0.4, -0.2) is 78.9 Å². The number of nitrogens with two attached hydrogens (primary N) is 1. The summed E-state index contributed by atoms with van der Waals surface area (Å²) in [4.78, 5) is 42.7. The van der Waals surface area contributed by atoms with Crippen LogP contribution in [0, 0.1) is 11.3 Å². The lowest BCUT2D eigenvalue weighted by atomic mass is 9.92. The Balaban J connectivity index is 1.20. The molecule has 0 bridgehead atoms. The minimum Gasteiger partial charge on any atom is -0.465 e. The first-order valence-electron chi connectivity index (χ1n) is 13.9. The van der Waals surface area contributed by atoms with Crippen molar-refractivity contribution in [3.8, 4) is 23.0 Å². The van der Waals surface area contributed by atoms with E-state index in [1.807, 2.05) is 37.5 Å². The molecule has 5 rings (SSSR count). The van der Waals surface area contributed by atoms with Gasteiger partial charge in [0.25, 0.3) is 0 Å². The fraction of sp³-hybridized carbons (Fsp3) is 0.536. The Morgan fingerprint density at radius 3 is 2.57 bits per heavy atom. The monoisotopic (exact) mass is 661 g/mol. The van der Waals surface area contributed by atoms with E-state index in [0.717, 1.165) is 28.6 Å². The van der Waals surface area contributed by atoms with Gasteiger partial charge in [-0.25, -0.2) is 19.7 Å². The molecule has 1 saturated heterocycles. The van der Waals surface area contributed by atoms with Crippen molar-refractivity contribution in [2.75, 3.05) is 32.2 Å². The number of carboxylic acid groups (broad SMARTS) is 1. The summed E-state index contributed by atoms with van der Waals surface area (Å²) >= 11 is 4.99. The van der Waals surface area contributed by atoms with Crippen molar-refractivity contribution in [2.45, 2.75) is 69.6 Å². The number of halogens is 1. The number of ether oxygens (including phenoxy) is 2. The van der Waals surface area contributed by atoms with Gasteiger partial charge in [0.2, 0.25) is 12.7 Å². The molecule has 1 aromatic carbocycles. The Bertz CT molecular complexity index is 1440. The largest absolute Gasteiger partial charge is 0.465 e. The lowest BCUT2D eigenvalue weighted by Gasteiger charge is -2.37. The molecule has 0 spiro atoms. The number of rotatable bonds is 8. The molecule has 1 fully saturated rings. The standard InChI is InChI=1S/C28H36BrN7O5S/c1-16(36(27(38)39)13-28(2,3)4)25(37)34-8-5-17(6-9-34)7-10-35-14-31-23(30)22-24(35)33-26(32-22)42-21-12-20-19(11-18(21)29)40-15-41-20/h11-12,14,16-17H,5-10,13,15,30H2,1-4H3,(H,38,39)/t16-/m0/s1. The SMILES string of the molecule is C[C@@H](C(=O)N1CCC(CCn2cnc(N)c3nc(Sc4cc5c(cc4Br)OCO5)nc2-3)CC1)N(CC(C)(C)C)C(=O)O. The van der Waals surface area contributed by atoms with E-state index in [1.165, 1.54) is 16.7 Å². The first-order valence-corrected chi connectivity index (χ1v) is 15.5. The van der Waals surface area contributed by atoms with E-state index in [9.17, 15) is 14.7 Å². The third-order valence-electron chi connectivity index (χ3n) is 7.52. The first-order chi connectivity index (χ1) is 19.9. The molecule has 226 valence electrons. The highest BCUT2D eigenvalue weighted by Gasteiger charge is 2.33. The maximum atomic E-state index is 13.2. The highest BCUT2D eigenvalue weighted by Crippen LogP contribution is 2.43. The number of anilines is 1. The average Bonchev–Trinajstić information content (AvgIpc) is 3.58. The quantitative estimate of drug-likeness (QED) is 0.336. The lowest BCUT2D eigenvalue weighted by molar-refractivity contribution is -0.137. The number of hydrogen-bond donors (Lipinski definition) is 2. The van der Waals surface area contributed by atoms with Crippen molar-refractivity contribution >= 4 is 45.5 Å². The van der Waals surface area contributed by atoms with Gasteiger partial charge < -0.3 is 29.8 Å². The summed E-state index contributed by atoms with van der Waals surface area (Å²) in [5, 5.41) is 10.3. The molecule has 12 nitrogen and oxygen atoms in total. The zero-order chi connectivity index (χ0) is 30.2. The van der Waals surface area contributed by atoms with Crippen molar-refractivity contribution < 1.29 is 24.2 Å². The Kier molecular flexibility index (Phi) is 8.74. The number of benzene rings is 1. The lowest BCUT2D eigenvalue weighted by Crippen LogP contribution is -2.52. The van der Waals surface area contributed by atoms with Gasteiger partial charge in [-0.05, 0) is 77.3 Å². The van der Waals surface area contributed by atoms with Gasteiger partial charge in [0.15, 0.2) is 34.0 Å². The van der Waals surface area contributed by atoms with E-state index < -0.39 is 12.1 Å². The Labute approximate surface area is 257 Å². The number of hydrogen-bond acceptors (Lipinski definition) is 9. The molecule has 0 radical (unpaired) electrons. The fourth-order valence-electron chi connectivity index (χ4n) is 5.26. The van der Waals surface area contributed by atoms with Crippen LogP contribution in [0.2, 0.25) is 0 Å². The second-order valence-electron chi connectivity index (χ2n) is 11.9. The molecule has 14 heteroatoms. The van der Waals surface area contributed by atoms with E-state index in [4.69, 9.17) is 20.2 Å². The van der Waals surface area contributed by atoms with Crippen LogP contribution in [0.5, 0.6) is 11.5 Å². The highest BCUT2D eigenvalue weighted by atomic mass is 79.9. The van der Waals surface area contributed by atoms with Crippen LogP contribution in [0.4, 0.5) is 10.6 Å². The molecule has 0 saturated carbocycles. The molecule has 0 aliphatic carbocycles. The third kappa shape index (κ3) is 6.69. The number of aromatic nitrogens is 4. The Morgan fingerprint density at radius 1 is 1.21 bits per heavy atom.